The van der Waals surface area contributed by atoms with E-state index in [9.17, 15) is 8.42 Å². The molecule has 0 aromatic carbocycles. The van der Waals surface area contributed by atoms with Gasteiger partial charge in [-0.15, -0.1) is 0 Å². The first-order valence-electron chi connectivity index (χ1n) is 3.04. The third kappa shape index (κ3) is 2.05. The maximum absolute atomic E-state index is 10.6. The van der Waals surface area contributed by atoms with E-state index >= 15 is 0 Å². The molecule has 0 atom stereocenters. The molecule has 1 aliphatic rings. The van der Waals surface area contributed by atoms with Gasteiger partial charge >= 0.3 is 0 Å². The molecule has 0 aromatic heterocycles. The van der Waals surface area contributed by atoms with Crippen LogP contribution in [0.3, 0.4) is 0 Å². The first-order chi connectivity index (χ1) is 5.02. The van der Waals surface area contributed by atoms with Crippen molar-refractivity contribution >= 4 is 21.7 Å². The Kier molecular flexibility index (Phi) is 2.37. The Hall–Kier alpha value is -0.320. The molecular formula is C6H7ClO3S. The second-order valence-electron chi connectivity index (χ2n) is 2.19. The molecule has 0 fully saturated rings. The first kappa shape index (κ1) is 8.77. The lowest BCUT2D eigenvalue weighted by Gasteiger charge is -2.07. The molecule has 1 N–H and O–H groups in total. The largest absolute Gasteiger partial charge is 0.292 e. The van der Waals surface area contributed by atoms with Crippen LogP contribution in [0.4, 0.5) is 0 Å². The molecule has 3 nitrogen and oxygen atoms in total. The highest BCUT2D eigenvalue weighted by Crippen LogP contribution is 2.25. The van der Waals surface area contributed by atoms with Gasteiger partial charge in [0.25, 0.3) is 10.1 Å². The molecule has 0 amide bonds. The second-order valence-corrected chi connectivity index (χ2v) is 4.04. The van der Waals surface area contributed by atoms with Gasteiger partial charge in [-0.3, -0.25) is 4.55 Å². The molecule has 11 heavy (non-hydrogen) atoms. The molecule has 1 rings (SSSR count). The van der Waals surface area contributed by atoms with Crippen molar-refractivity contribution in [2.24, 2.45) is 0 Å². The van der Waals surface area contributed by atoms with Gasteiger partial charge in [0.05, 0.1) is 9.94 Å². The zero-order valence-electron chi connectivity index (χ0n) is 5.62. The highest BCUT2D eigenvalue weighted by Gasteiger charge is 2.18. The summed E-state index contributed by atoms with van der Waals surface area (Å²) >= 11 is 5.52. The fourth-order valence-electron chi connectivity index (χ4n) is 0.866. The van der Waals surface area contributed by atoms with E-state index in [-0.39, 0.29) is 16.4 Å². The molecular weight excluding hydrogens is 188 g/mol. The molecule has 1 aliphatic carbocycles. The van der Waals surface area contributed by atoms with Gasteiger partial charge in [-0.2, -0.15) is 8.42 Å². The van der Waals surface area contributed by atoms with Gasteiger partial charge < -0.3 is 0 Å². The zero-order valence-corrected chi connectivity index (χ0v) is 7.19. The number of hydrogen-bond donors (Lipinski definition) is 1. The molecule has 0 aliphatic heterocycles. The fraction of sp³-hybridized carbons (Fsp3) is 0.333. The van der Waals surface area contributed by atoms with E-state index in [0.717, 1.165) is 0 Å². The van der Waals surface area contributed by atoms with E-state index in [1.54, 1.807) is 6.08 Å². The Morgan fingerprint density at radius 2 is 2.18 bits per heavy atom. The summed E-state index contributed by atoms with van der Waals surface area (Å²) < 4.78 is 29.8. The zero-order chi connectivity index (χ0) is 8.48. The summed E-state index contributed by atoms with van der Waals surface area (Å²) in [4.78, 5) is -0.0818. The standard InChI is InChI=1S/C6H7ClO3S/c7-5-3-1-2-4-6(5)11(8,9)10/h1,3H,2,4H2,(H,8,9,10). The predicted octanol–water partition coefficient (Wildman–Crippen LogP) is 1.67. The van der Waals surface area contributed by atoms with E-state index in [4.69, 9.17) is 16.2 Å². The maximum Gasteiger partial charge on any atom is 0.292 e. The van der Waals surface area contributed by atoms with Gasteiger partial charge in [-0.05, 0) is 18.9 Å². The number of hydrogen-bond acceptors (Lipinski definition) is 2. The summed E-state index contributed by atoms with van der Waals surface area (Å²) in [6.07, 6.45) is 4.13. The van der Waals surface area contributed by atoms with Gasteiger partial charge in [0, 0.05) is 0 Å². The van der Waals surface area contributed by atoms with Gasteiger partial charge in [0.2, 0.25) is 0 Å². The van der Waals surface area contributed by atoms with Gasteiger partial charge in [0.1, 0.15) is 0 Å². The van der Waals surface area contributed by atoms with Gasteiger partial charge in [-0.1, -0.05) is 17.7 Å². The van der Waals surface area contributed by atoms with Crippen LogP contribution >= 0.6 is 11.6 Å². The average Bonchev–Trinajstić information content (AvgIpc) is 1.86. The molecule has 5 heteroatoms. The van der Waals surface area contributed by atoms with Crippen LogP contribution in [0.1, 0.15) is 12.8 Å². The highest BCUT2D eigenvalue weighted by molar-refractivity contribution is 7.89. The van der Waals surface area contributed by atoms with Crippen molar-refractivity contribution in [3.8, 4) is 0 Å². The molecule has 0 radical (unpaired) electrons. The molecule has 0 aromatic rings. The van der Waals surface area contributed by atoms with Crippen LogP contribution in [0.15, 0.2) is 22.1 Å². The van der Waals surface area contributed by atoms with Crippen molar-refractivity contribution in [2.45, 2.75) is 12.8 Å². The second kappa shape index (κ2) is 2.97. The lowest BCUT2D eigenvalue weighted by molar-refractivity contribution is 0.489. The van der Waals surface area contributed by atoms with Crippen LogP contribution in [-0.4, -0.2) is 13.0 Å². The van der Waals surface area contributed by atoms with Crippen molar-refractivity contribution in [1.82, 2.24) is 0 Å². The summed E-state index contributed by atoms with van der Waals surface area (Å²) in [5.74, 6) is 0. The summed E-state index contributed by atoms with van der Waals surface area (Å²) in [6.45, 7) is 0. The topological polar surface area (TPSA) is 54.4 Å². The highest BCUT2D eigenvalue weighted by atomic mass is 35.5. The van der Waals surface area contributed by atoms with Crippen LogP contribution < -0.4 is 0 Å². The lowest BCUT2D eigenvalue weighted by atomic mass is 10.2. The van der Waals surface area contributed by atoms with Gasteiger partial charge in [0.15, 0.2) is 0 Å². The molecule has 0 spiro atoms. The molecule has 0 saturated heterocycles. The van der Waals surface area contributed by atoms with Crippen LogP contribution in [0.2, 0.25) is 0 Å². The Balaban J connectivity index is 3.13. The Morgan fingerprint density at radius 1 is 1.55 bits per heavy atom. The minimum absolute atomic E-state index is 0.0818. The van der Waals surface area contributed by atoms with E-state index < -0.39 is 10.1 Å². The Bertz CT molecular complexity index is 313. The Labute approximate surface area is 70.1 Å². The van der Waals surface area contributed by atoms with Crippen LogP contribution in [0.25, 0.3) is 0 Å². The van der Waals surface area contributed by atoms with Crippen LogP contribution in [0.5, 0.6) is 0 Å². The average molecular weight is 195 g/mol. The number of rotatable bonds is 1. The van der Waals surface area contributed by atoms with Crippen molar-refractivity contribution in [3.05, 3.63) is 22.1 Å². The van der Waals surface area contributed by atoms with Crippen molar-refractivity contribution in [3.63, 3.8) is 0 Å². The molecule has 0 saturated carbocycles. The van der Waals surface area contributed by atoms with Crippen molar-refractivity contribution in [2.75, 3.05) is 0 Å². The van der Waals surface area contributed by atoms with E-state index in [1.807, 2.05) is 0 Å². The molecule has 0 unspecified atom stereocenters. The fourth-order valence-corrected chi connectivity index (χ4v) is 2.03. The normalized spacial score (nSPS) is 19.1. The minimum Gasteiger partial charge on any atom is -0.282 e. The van der Waals surface area contributed by atoms with Crippen molar-refractivity contribution in [1.29, 1.82) is 0 Å². The minimum atomic E-state index is -4.08. The molecule has 0 heterocycles. The van der Waals surface area contributed by atoms with E-state index in [0.29, 0.717) is 6.42 Å². The number of allylic oxidation sites excluding steroid dienone is 4. The summed E-state index contributed by atoms with van der Waals surface area (Å²) in [7, 11) is -4.08. The lowest BCUT2D eigenvalue weighted by Crippen LogP contribution is -2.04. The van der Waals surface area contributed by atoms with Crippen LogP contribution in [-0.2, 0) is 10.1 Å². The smallest absolute Gasteiger partial charge is 0.282 e. The molecule has 0 bridgehead atoms. The summed E-state index contributed by atoms with van der Waals surface area (Å²) in [6, 6.07) is 0. The van der Waals surface area contributed by atoms with Gasteiger partial charge in [-0.25, -0.2) is 0 Å². The predicted molar refractivity (Wildman–Crippen MR) is 42.8 cm³/mol. The van der Waals surface area contributed by atoms with E-state index in [1.165, 1.54) is 6.08 Å². The Morgan fingerprint density at radius 3 is 2.55 bits per heavy atom. The SMILES string of the molecule is O=S(=O)(O)C1=C(Cl)C=CCC1. The monoisotopic (exact) mass is 194 g/mol. The first-order valence-corrected chi connectivity index (χ1v) is 4.86. The van der Waals surface area contributed by atoms with E-state index in [2.05, 4.69) is 0 Å². The summed E-state index contributed by atoms with van der Waals surface area (Å²) in [5.41, 5.74) is 0. The quantitative estimate of drug-likeness (QED) is 0.647. The van der Waals surface area contributed by atoms with Crippen molar-refractivity contribution < 1.29 is 13.0 Å². The maximum atomic E-state index is 10.6. The number of halogens is 1. The third-order valence-electron chi connectivity index (χ3n) is 1.38. The molecule has 62 valence electrons. The summed E-state index contributed by atoms with van der Waals surface area (Å²) in [5, 5.41) is 0.110. The third-order valence-corrected chi connectivity index (χ3v) is 2.89. The van der Waals surface area contributed by atoms with Crippen LogP contribution in [0, 0.1) is 0 Å².